The SMILES string of the molecule is C=C/C(=C\C)[C@@H]1C[C@H]1COCN1CCN(CCCc2ccccc2)CC1. The maximum Gasteiger partial charge on any atom is 0.0991 e. The number of aryl methyl sites for hydroxylation is 1. The van der Waals surface area contributed by atoms with E-state index in [-0.39, 0.29) is 0 Å². The van der Waals surface area contributed by atoms with Crippen molar-refractivity contribution >= 4 is 0 Å². The highest BCUT2D eigenvalue weighted by molar-refractivity contribution is 5.25. The van der Waals surface area contributed by atoms with Crippen LogP contribution in [0.4, 0.5) is 0 Å². The molecule has 2 aliphatic rings. The van der Waals surface area contributed by atoms with Crippen molar-refractivity contribution in [1.29, 1.82) is 0 Å². The first-order valence-electron chi connectivity index (χ1n) is 10.1. The molecule has 2 fully saturated rings. The van der Waals surface area contributed by atoms with Gasteiger partial charge in [-0.05, 0) is 55.7 Å². The molecular weight excluding hydrogens is 320 g/mol. The van der Waals surface area contributed by atoms with E-state index in [0.717, 1.165) is 26.4 Å². The van der Waals surface area contributed by atoms with Crippen LogP contribution in [-0.4, -0.2) is 55.9 Å². The second kappa shape index (κ2) is 10.1. The Labute approximate surface area is 159 Å². The number of nitrogens with zero attached hydrogens (tertiary/aromatic N) is 2. The minimum atomic E-state index is 0.693. The fraction of sp³-hybridized carbons (Fsp3) is 0.565. The van der Waals surface area contributed by atoms with Gasteiger partial charge in [-0.3, -0.25) is 4.90 Å². The van der Waals surface area contributed by atoms with Crippen molar-refractivity contribution in [1.82, 2.24) is 9.80 Å². The molecule has 1 aliphatic carbocycles. The summed E-state index contributed by atoms with van der Waals surface area (Å²) in [5, 5.41) is 0. The van der Waals surface area contributed by atoms with E-state index in [4.69, 9.17) is 4.74 Å². The molecule has 3 heteroatoms. The second-order valence-corrected chi connectivity index (χ2v) is 7.64. The lowest BCUT2D eigenvalue weighted by Crippen LogP contribution is -2.47. The lowest BCUT2D eigenvalue weighted by Gasteiger charge is -2.34. The quantitative estimate of drug-likeness (QED) is 0.591. The largest absolute Gasteiger partial charge is 0.366 e. The lowest BCUT2D eigenvalue weighted by molar-refractivity contribution is -0.00256. The van der Waals surface area contributed by atoms with E-state index in [1.165, 1.54) is 50.0 Å². The van der Waals surface area contributed by atoms with E-state index in [2.05, 4.69) is 59.7 Å². The topological polar surface area (TPSA) is 15.7 Å². The first kappa shape index (κ1) is 19.3. The van der Waals surface area contributed by atoms with Gasteiger partial charge in [0.15, 0.2) is 0 Å². The first-order chi connectivity index (χ1) is 12.8. The van der Waals surface area contributed by atoms with Crippen LogP contribution in [0, 0.1) is 11.8 Å². The number of piperazine rings is 1. The van der Waals surface area contributed by atoms with Crippen LogP contribution in [0.15, 0.2) is 54.6 Å². The van der Waals surface area contributed by atoms with Gasteiger partial charge in [0, 0.05) is 26.2 Å². The van der Waals surface area contributed by atoms with Gasteiger partial charge in [-0.25, -0.2) is 0 Å². The van der Waals surface area contributed by atoms with Crippen LogP contribution in [0.25, 0.3) is 0 Å². The van der Waals surface area contributed by atoms with Crippen LogP contribution >= 0.6 is 0 Å². The number of benzene rings is 1. The Morgan fingerprint density at radius 3 is 2.58 bits per heavy atom. The minimum Gasteiger partial charge on any atom is -0.366 e. The number of rotatable bonds is 10. The number of allylic oxidation sites excluding steroid dienone is 3. The summed E-state index contributed by atoms with van der Waals surface area (Å²) in [4.78, 5) is 5.05. The Morgan fingerprint density at radius 2 is 1.88 bits per heavy atom. The van der Waals surface area contributed by atoms with Crippen molar-refractivity contribution in [3.8, 4) is 0 Å². The Kier molecular flexibility index (Phi) is 7.48. The Bertz CT molecular complexity index is 575. The standard InChI is InChI=1S/C23H34N2O/c1-3-21(4-2)23-17-22(23)18-26-19-25-15-13-24(14-16-25)12-8-11-20-9-6-5-7-10-20/h3-7,9-10,22-23H,1,8,11-19H2,2H3/b21-4+/t22-,23-/m0/s1. The Hall–Kier alpha value is -1.42. The zero-order valence-electron chi connectivity index (χ0n) is 16.3. The molecule has 1 aromatic rings. The van der Waals surface area contributed by atoms with Crippen LogP contribution in [-0.2, 0) is 11.2 Å². The molecule has 1 heterocycles. The summed E-state index contributed by atoms with van der Waals surface area (Å²) in [7, 11) is 0. The third-order valence-electron chi connectivity index (χ3n) is 5.77. The molecule has 142 valence electrons. The molecule has 0 N–H and O–H groups in total. The highest BCUT2D eigenvalue weighted by atomic mass is 16.5. The van der Waals surface area contributed by atoms with Crippen LogP contribution in [0.1, 0.15) is 25.3 Å². The summed E-state index contributed by atoms with van der Waals surface area (Å²) in [6.45, 7) is 13.5. The Morgan fingerprint density at radius 1 is 1.15 bits per heavy atom. The van der Waals surface area contributed by atoms with Crippen molar-refractivity contribution in [3.63, 3.8) is 0 Å². The van der Waals surface area contributed by atoms with E-state index in [0.29, 0.717) is 11.8 Å². The minimum absolute atomic E-state index is 0.693. The monoisotopic (exact) mass is 354 g/mol. The molecule has 0 spiro atoms. The van der Waals surface area contributed by atoms with Gasteiger partial charge in [0.1, 0.15) is 0 Å². The summed E-state index contributed by atoms with van der Waals surface area (Å²) in [6.07, 6.45) is 7.89. The molecule has 1 aromatic carbocycles. The van der Waals surface area contributed by atoms with E-state index in [1.807, 2.05) is 6.08 Å². The molecule has 1 aliphatic heterocycles. The number of hydrogen-bond acceptors (Lipinski definition) is 3. The van der Waals surface area contributed by atoms with Gasteiger partial charge in [-0.15, -0.1) is 0 Å². The predicted molar refractivity (Wildman–Crippen MR) is 109 cm³/mol. The smallest absolute Gasteiger partial charge is 0.0991 e. The number of hydrogen-bond donors (Lipinski definition) is 0. The van der Waals surface area contributed by atoms with Crippen molar-refractivity contribution in [2.45, 2.75) is 26.2 Å². The van der Waals surface area contributed by atoms with Crippen LogP contribution in [0.3, 0.4) is 0 Å². The van der Waals surface area contributed by atoms with E-state index >= 15 is 0 Å². The van der Waals surface area contributed by atoms with Gasteiger partial charge < -0.3 is 9.64 Å². The molecule has 0 unspecified atom stereocenters. The summed E-state index contributed by atoms with van der Waals surface area (Å²) in [5.74, 6) is 1.40. The third kappa shape index (κ3) is 5.80. The van der Waals surface area contributed by atoms with Crippen molar-refractivity contribution in [2.75, 3.05) is 46.1 Å². The van der Waals surface area contributed by atoms with Gasteiger partial charge in [0.2, 0.25) is 0 Å². The van der Waals surface area contributed by atoms with Gasteiger partial charge in [0.25, 0.3) is 0 Å². The molecule has 26 heavy (non-hydrogen) atoms. The maximum absolute atomic E-state index is 5.99. The lowest BCUT2D eigenvalue weighted by atomic mass is 10.1. The molecule has 0 aromatic heterocycles. The molecular formula is C23H34N2O. The molecule has 0 radical (unpaired) electrons. The van der Waals surface area contributed by atoms with E-state index in [9.17, 15) is 0 Å². The summed E-state index contributed by atoms with van der Waals surface area (Å²) in [5.41, 5.74) is 2.85. The Balaban J connectivity index is 1.24. The van der Waals surface area contributed by atoms with Crippen LogP contribution in [0.2, 0.25) is 0 Å². The second-order valence-electron chi connectivity index (χ2n) is 7.64. The van der Waals surface area contributed by atoms with Crippen LogP contribution < -0.4 is 0 Å². The molecule has 2 atom stereocenters. The van der Waals surface area contributed by atoms with E-state index < -0.39 is 0 Å². The predicted octanol–water partition coefficient (Wildman–Crippen LogP) is 3.98. The first-order valence-corrected chi connectivity index (χ1v) is 10.1. The third-order valence-corrected chi connectivity index (χ3v) is 5.77. The molecule has 0 bridgehead atoms. The molecule has 1 saturated heterocycles. The molecule has 1 saturated carbocycles. The van der Waals surface area contributed by atoms with Gasteiger partial charge in [0.05, 0.1) is 13.3 Å². The number of ether oxygens (including phenoxy) is 1. The fourth-order valence-electron chi connectivity index (χ4n) is 3.95. The van der Waals surface area contributed by atoms with Gasteiger partial charge in [-0.2, -0.15) is 0 Å². The molecule has 3 nitrogen and oxygen atoms in total. The van der Waals surface area contributed by atoms with E-state index in [1.54, 1.807) is 0 Å². The molecule has 3 rings (SSSR count). The zero-order chi connectivity index (χ0) is 18.2. The van der Waals surface area contributed by atoms with Crippen molar-refractivity contribution in [2.24, 2.45) is 11.8 Å². The normalized spacial score (nSPS) is 24.6. The maximum atomic E-state index is 5.99. The zero-order valence-corrected chi connectivity index (χ0v) is 16.3. The fourth-order valence-corrected chi connectivity index (χ4v) is 3.95. The summed E-state index contributed by atoms with van der Waals surface area (Å²) < 4.78 is 5.99. The summed E-state index contributed by atoms with van der Waals surface area (Å²) >= 11 is 0. The van der Waals surface area contributed by atoms with Crippen molar-refractivity contribution in [3.05, 3.63) is 60.2 Å². The molecule has 0 amide bonds. The average molecular weight is 355 g/mol. The highest BCUT2D eigenvalue weighted by Crippen LogP contribution is 2.44. The summed E-state index contributed by atoms with van der Waals surface area (Å²) in [6, 6.07) is 10.8. The van der Waals surface area contributed by atoms with Gasteiger partial charge in [-0.1, -0.05) is 49.1 Å². The highest BCUT2D eigenvalue weighted by Gasteiger charge is 2.38. The van der Waals surface area contributed by atoms with Gasteiger partial charge >= 0.3 is 0 Å². The van der Waals surface area contributed by atoms with Crippen LogP contribution in [0.5, 0.6) is 0 Å². The average Bonchev–Trinajstić information content (AvgIpc) is 3.44. The van der Waals surface area contributed by atoms with Crippen molar-refractivity contribution < 1.29 is 4.74 Å².